The second kappa shape index (κ2) is 9.24. The molecule has 0 aromatic heterocycles. The number of hydrogen-bond acceptors (Lipinski definition) is 4. The topological polar surface area (TPSA) is 102 Å². The fourth-order valence-corrected chi connectivity index (χ4v) is 2.98. The average molecular weight is 345 g/mol. The van der Waals surface area contributed by atoms with E-state index in [0.29, 0.717) is 19.5 Å². The molecule has 1 aliphatic heterocycles. The minimum atomic E-state index is -1.67. The number of amides is 3. The van der Waals surface area contributed by atoms with Gasteiger partial charge in [0.25, 0.3) is 0 Å². The van der Waals surface area contributed by atoms with Crippen molar-refractivity contribution in [2.45, 2.75) is 31.2 Å². The summed E-state index contributed by atoms with van der Waals surface area (Å²) in [5, 5.41) is 24.3. The number of carbonyl (C=O) groups excluding carboxylic acids is 2. The van der Waals surface area contributed by atoms with Gasteiger partial charge in [-0.1, -0.05) is 36.9 Å². The summed E-state index contributed by atoms with van der Waals surface area (Å²) in [6.45, 7) is 4.46. The Bertz CT molecular complexity index is 597. The normalized spacial score (nSPS) is 17.7. The van der Waals surface area contributed by atoms with Crippen LogP contribution in [0.4, 0.5) is 4.79 Å². The summed E-state index contributed by atoms with van der Waals surface area (Å²) in [7, 11) is -1.67. The molecule has 0 aliphatic carbocycles. The smallest absolute Gasteiger partial charge is 0.426 e. The van der Waals surface area contributed by atoms with Crippen LogP contribution in [0.15, 0.2) is 43.0 Å². The third-order valence-corrected chi connectivity index (χ3v) is 4.31. The number of nitrogens with zero attached hydrogens (tertiary/aromatic N) is 1. The third-order valence-electron chi connectivity index (χ3n) is 4.31. The van der Waals surface area contributed by atoms with Crippen LogP contribution in [0.2, 0.25) is 0 Å². The highest BCUT2D eigenvalue weighted by Gasteiger charge is 2.29. The van der Waals surface area contributed by atoms with Gasteiger partial charge in [0.1, 0.15) is 0 Å². The Labute approximate surface area is 147 Å². The highest BCUT2D eigenvalue weighted by molar-refractivity contribution is 6.43. The summed E-state index contributed by atoms with van der Waals surface area (Å²) in [5.74, 6) is -0.964. The number of benzene rings is 1. The number of urea groups is 1. The Kier molecular flexibility index (Phi) is 7.03. The molecule has 25 heavy (non-hydrogen) atoms. The van der Waals surface area contributed by atoms with Gasteiger partial charge in [0.2, 0.25) is 5.91 Å². The number of likely N-dealkylation sites (tertiary alicyclic amines) is 1. The van der Waals surface area contributed by atoms with E-state index in [0.717, 1.165) is 18.4 Å². The van der Waals surface area contributed by atoms with Crippen LogP contribution < -0.4 is 10.6 Å². The molecule has 0 bridgehead atoms. The van der Waals surface area contributed by atoms with Gasteiger partial charge in [0, 0.05) is 19.1 Å². The molecule has 7 nitrogen and oxygen atoms in total. The first-order valence-corrected chi connectivity index (χ1v) is 8.38. The summed E-state index contributed by atoms with van der Waals surface area (Å²) >= 11 is 0. The van der Waals surface area contributed by atoms with Gasteiger partial charge in [-0.2, -0.15) is 0 Å². The number of hydrogen-bond donors (Lipinski definition) is 4. The molecule has 3 amide bonds. The van der Waals surface area contributed by atoms with Crippen molar-refractivity contribution in [2.24, 2.45) is 0 Å². The summed E-state index contributed by atoms with van der Waals surface area (Å²) < 4.78 is 0. The van der Waals surface area contributed by atoms with Crippen molar-refractivity contribution in [1.82, 2.24) is 15.5 Å². The van der Waals surface area contributed by atoms with Crippen LogP contribution in [0.3, 0.4) is 0 Å². The van der Waals surface area contributed by atoms with Crippen LogP contribution in [0.1, 0.15) is 18.4 Å². The van der Waals surface area contributed by atoms with E-state index in [-0.39, 0.29) is 11.9 Å². The van der Waals surface area contributed by atoms with E-state index < -0.39 is 19.1 Å². The molecule has 8 heteroatoms. The van der Waals surface area contributed by atoms with Gasteiger partial charge in [-0.15, -0.1) is 0 Å². The van der Waals surface area contributed by atoms with Crippen molar-refractivity contribution >= 4 is 19.1 Å². The molecule has 1 fully saturated rings. The standard InChI is InChI=1S/C17H24BN3O4/c1-2-16(22)21-10-6-9-14(21)12-19-17(23)20-15(18(24)25)11-13-7-4-3-5-8-13/h2-5,7-8,14-15,24-25H,1,6,9-12H2,(H2,19,20,23)/t14-,15?/m0/s1. The maximum atomic E-state index is 12.1. The van der Waals surface area contributed by atoms with Gasteiger partial charge in [-0.25, -0.2) is 4.79 Å². The summed E-state index contributed by atoms with van der Waals surface area (Å²) in [6.07, 6.45) is 3.28. The lowest BCUT2D eigenvalue weighted by atomic mass is 9.76. The van der Waals surface area contributed by atoms with Gasteiger partial charge >= 0.3 is 13.1 Å². The quantitative estimate of drug-likeness (QED) is 0.415. The number of rotatable bonds is 7. The molecule has 2 atom stereocenters. The van der Waals surface area contributed by atoms with Crippen molar-refractivity contribution in [2.75, 3.05) is 13.1 Å². The minimum absolute atomic E-state index is 0.0668. The molecule has 1 unspecified atom stereocenters. The second-order valence-electron chi connectivity index (χ2n) is 6.10. The summed E-state index contributed by atoms with van der Waals surface area (Å²) in [5.41, 5.74) is 0.888. The predicted octanol–water partition coefficient (Wildman–Crippen LogP) is 0.0859. The van der Waals surface area contributed by atoms with E-state index >= 15 is 0 Å². The molecule has 1 heterocycles. The SMILES string of the molecule is C=CC(=O)N1CCC[C@H]1CNC(=O)NC(Cc1ccccc1)B(O)O. The Balaban J connectivity index is 1.84. The summed E-state index contributed by atoms with van der Waals surface area (Å²) in [6, 6.07) is 8.71. The van der Waals surface area contributed by atoms with Gasteiger partial charge in [0.05, 0.1) is 5.94 Å². The molecule has 0 spiro atoms. The lowest BCUT2D eigenvalue weighted by Gasteiger charge is -2.24. The largest absolute Gasteiger partial charge is 0.475 e. The van der Waals surface area contributed by atoms with E-state index in [2.05, 4.69) is 17.2 Å². The molecule has 1 saturated heterocycles. The molecule has 134 valence electrons. The summed E-state index contributed by atoms with van der Waals surface area (Å²) in [4.78, 5) is 25.5. The van der Waals surface area contributed by atoms with E-state index in [9.17, 15) is 19.6 Å². The van der Waals surface area contributed by atoms with E-state index in [4.69, 9.17) is 0 Å². The van der Waals surface area contributed by atoms with E-state index in [1.807, 2.05) is 30.3 Å². The maximum absolute atomic E-state index is 12.1. The monoisotopic (exact) mass is 345 g/mol. The average Bonchev–Trinajstić information content (AvgIpc) is 3.08. The Morgan fingerprint density at radius 1 is 1.36 bits per heavy atom. The molecular formula is C17H24BN3O4. The molecule has 2 rings (SSSR count). The van der Waals surface area contributed by atoms with Crippen molar-refractivity contribution in [3.05, 3.63) is 48.6 Å². The van der Waals surface area contributed by atoms with E-state index in [1.54, 1.807) is 4.90 Å². The highest BCUT2D eigenvalue weighted by Crippen LogP contribution is 2.16. The molecule has 0 saturated carbocycles. The van der Waals surface area contributed by atoms with Crippen molar-refractivity contribution in [3.8, 4) is 0 Å². The van der Waals surface area contributed by atoms with Gasteiger partial charge in [-0.3, -0.25) is 4.79 Å². The van der Waals surface area contributed by atoms with Crippen molar-refractivity contribution in [1.29, 1.82) is 0 Å². The fourth-order valence-electron chi connectivity index (χ4n) is 2.98. The molecule has 1 aromatic rings. The third kappa shape index (κ3) is 5.61. The van der Waals surface area contributed by atoms with Crippen LogP contribution in [0, 0.1) is 0 Å². The first kappa shape index (κ1) is 19.0. The van der Waals surface area contributed by atoms with Crippen LogP contribution in [0.5, 0.6) is 0 Å². The molecule has 4 N–H and O–H groups in total. The number of carbonyl (C=O) groups is 2. The molecule has 0 radical (unpaired) electrons. The van der Waals surface area contributed by atoms with Crippen LogP contribution in [0.25, 0.3) is 0 Å². The molecule has 1 aromatic carbocycles. The molecular weight excluding hydrogens is 321 g/mol. The lowest BCUT2D eigenvalue weighted by Crippen LogP contribution is -2.53. The number of nitrogens with one attached hydrogen (secondary N) is 2. The van der Waals surface area contributed by atoms with Gasteiger partial charge in [0.15, 0.2) is 0 Å². The Morgan fingerprint density at radius 3 is 2.72 bits per heavy atom. The zero-order chi connectivity index (χ0) is 18.2. The maximum Gasteiger partial charge on any atom is 0.475 e. The Hall–Kier alpha value is -2.32. The lowest BCUT2D eigenvalue weighted by molar-refractivity contribution is -0.126. The van der Waals surface area contributed by atoms with Crippen molar-refractivity contribution < 1.29 is 19.6 Å². The van der Waals surface area contributed by atoms with E-state index in [1.165, 1.54) is 6.08 Å². The van der Waals surface area contributed by atoms with Gasteiger partial charge < -0.3 is 25.6 Å². The fraction of sp³-hybridized carbons (Fsp3) is 0.412. The first-order valence-electron chi connectivity index (χ1n) is 8.38. The minimum Gasteiger partial charge on any atom is -0.426 e. The zero-order valence-corrected chi connectivity index (χ0v) is 14.1. The Morgan fingerprint density at radius 2 is 2.08 bits per heavy atom. The highest BCUT2D eigenvalue weighted by atomic mass is 16.4. The van der Waals surface area contributed by atoms with Crippen LogP contribution in [-0.2, 0) is 11.2 Å². The van der Waals surface area contributed by atoms with Gasteiger partial charge in [-0.05, 0) is 30.9 Å². The first-order chi connectivity index (χ1) is 12.0. The second-order valence-corrected chi connectivity index (χ2v) is 6.10. The van der Waals surface area contributed by atoms with Crippen molar-refractivity contribution in [3.63, 3.8) is 0 Å². The van der Waals surface area contributed by atoms with Crippen LogP contribution >= 0.6 is 0 Å². The molecule has 1 aliphatic rings. The predicted molar refractivity (Wildman–Crippen MR) is 95.6 cm³/mol. The zero-order valence-electron chi connectivity index (χ0n) is 14.1. The van der Waals surface area contributed by atoms with Crippen LogP contribution in [-0.4, -0.2) is 59.1 Å².